The Morgan fingerprint density at radius 1 is 1.47 bits per heavy atom. The fourth-order valence-corrected chi connectivity index (χ4v) is 1.78. The number of hydrogen-bond acceptors (Lipinski definition) is 3. The summed E-state index contributed by atoms with van der Waals surface area (Å²) >= 11 is 0. The molecule has 1 aliphatic rings. The number of carbonyl (C=O) groups excluding carboxylic acids is 1. The quantitative estimate of drug-likeness (QED) is 0.734. The summed E-state index contributed by atoms with van der Waals surface area (Å²) in [6.07, 6.45) is 5.53. The minimum absolute atomic E-state index is 0.223. The van der Waals surface area contributed by atoms with E-state index in [-0.39, 0.29) is 5.54 Å². The molecule has 3 nitrogen and oxygen atoms in total. The lowest BCUT2D eigenvalue weighted by atomic mass is 9.96. The lowest BCUT2D eigenvalue weighted by molar-refractivity contribution is -0.120. The van der Waals surface area contributed by atoms with Crippen molar-refractivity contribution in [2.24, 2.45) is 5.73 Å². The van der Waals surface area contributed by atoms with E-state index in [0.717, 1.165) is 32.3 Å². The average Bonchev–Trinajstić information content (AvgIpc) is 2.62. The van der Waals surface area contributed by atoms with Gasteiger partial charge in [0.2, 0.25) is 0 Å². The third-order valence-corrected chi connectivity index (χ3v) is 2.82. The van der Waals surface area contributed by atoms with Crippen LogP contribution in [-0.2, 0) is 9.53 Å². The summed E-state index contributed by atoms with van der Waals surface area (Å²) in [5, 5.41) is 0. The Morgan fingerprint density at radius 3 is 2.73 bits per heavy atom. The highest BCUT2D eigenvalue weighted by molar-refractivity contribution is 5.78. The van der Waals surface area contributed by atoms with Gasteiger partial charge >= 0.3 is 0 Å². The molecule has 15 heavy (non-hydrogen) atoms. The van der Waals surface area contributed by atoms with Crippen LogP contribution in [0.2, 0.25) is 0 Å². The molecule has 0 bridgehead atoms. The maximum absolute atomic E-state index is 11.5. The predicted molar refractivity (Wildman–Crippen MR) is 60.7 cm³/mol. The van der Waals surface area contributed by atoms with Gasteiger partial charge in [-0.15, -0.1) is 0 Å². The molecule has 88 valence electrons. The first-order chi connectivity index (χ1) is 6.97. The first-order valence-electron chi connectivity index (χ1n) is 5.89. The fraction of sp³-hybridized carbons (Fsp3) is 0.917. The van der Waals surface area contributed by atoms with Gasteiger partial charge in [-0.2, -0.15) is 0 Å². The molecular formula is C12H23NO2. The highest BCUT2D eigenvalue weighted by atomic mass is 16.5. The van der Waals surface area contributed by atoms with E-state index in [2.05, 4.69) is 0 Å². The second kappa shape index (κ2) is 5.61. The third kappa shape index (κ3) is 5.90. The van der Waals surface area contributed by atoms with Gasteiger partial charge < -0.3 is 10.5 Å². The second-order valence-electron chi connectivity index (χ2n) is 5.20. The summed E-state index contributed by atoms with van der Waals surface area (Å²) < 4.78 is 5.47. The number of rotatable bonds is 6. The fourth-order valence-electron chi connectivity index (χ4n) is 1.78. The topological polar surface area (TPSA) is 52.3 Å². The van der Waals surface area contributed by atoms with Crippen molar-refractivity contribution in [1.82, 2.24) is 0 Å². The summed E-state index contributed by atoms with van der Waals surface area (Å²) in [4.78, 5) is 11.5. The second-order valence-corrected chi connectivity index (χ2v) is 5.20. The van der Waals surface area contributed by atoms with Crippen molar-refractivity contribution >= 4 is 5.78 Å². The molecule has 1 rings (SSSR count). The molecule has 1 heterocycles. The van der Waals surface area contributed by atoms with E-state index in [9.17, 15) is 4.79 Å². The van der Waals surface area contributed by atoms with Gasteiger partial charge in [0.05, 0.1) is 6.10 Å². The molecule has 0 aromatic carbocycles. The molecule has 2 N–H and O–H groups in total. The molecular weight excluding hydrogens is 190 g/mol. The summed E-state index contributed by atoms with van der Waals surface area (Å²) in [5.41, 5.74) is 5.60. The molecule has 0 aromatic heterocycles. The van der Waals surface area contributed by atoms with Gasteiger partial charge in [-0.1, -0.05) is 0 Å². The van der Waals surface area contributed by atoms with Gasteiger partial charge in [-0.3, -0.25) is 4.79 Å². The SMILES string of the molecule is CC(C)(N)CCC(=O)CCC1CCCO1. The zero-order valence-electron chi connectivity index (χ0n) is 9.92. The van der Waals surface area contributed by atoms with Crippen LogP contribution < -0.4 is 5.73 Å². The standard InChI is InChI=1S/C12H23NO2/c1-12(2,13)8-7-10(14)5-6-11-4-3-9-15-11/h11H,3-9,13H2,1-2H3. The molecule has 0 aromatic rings. The Morgan fingerprint density at radius 2 is 2.20 bits per heavy atom. The van der Waals surface area contributed by atoms with E-state index >= 15 is 0 Å². The van der Waals surface area contributed by atoms with Crippen molar-refractivity contribution < 1.29 is 9.53 Å². The molecule has 0 saturated carbocycles. The molecule has 1 aliphatic heterocycles. The molecule has 0 aliphatic carbocycles. The molecule has 1 saturated heterocycles. The zero-order valence-corrected chi connectivity index (χ0v) is 9.92. The van der Waals surface area contributed by atoms with E-state index in [1.807, 2.05) is 13.8 Å². The maximum Gasteiger partial charge on any atom is 0.133 e. The van der Waals surface area contributed by atoms with Crippen LogP contribution in [0.25, 0.3) is 0 Å². The molecule has 1 fully saturated rings. The summed E-state index contributed by atoms with van der Waals surface area (Å²) in [6.45, 7) is 4.79. The van der Waals surface area contributed by atoms with Crippen LogP contribution in [0.4, 0.5) is 0 Å². The lowest BCUT2D eigenvalue weighted by Crippen LogP contribution is -2.32. The average molecular weight is 213 g/mol. The number of nitrogens with two attached hydrogens (primary N) is 1. The van der Waals surface area contributed by atoms with Crippen molar-refractivity contribution in [3.63, 3.8) is 0 Å². The first kappa shape index (κ1) is 12.7. The summed E-state index contributed by atoms with van der Waals surface area (Å²) in [6, 6.07) is 0. The first-order valence-corrected chi connectivity index (χ1v) is 5.89. The molecule has 0 amide bonds. The Kier molecular flexibility index (Phi) is 4.74. The maximum atomic E-state index is 11.5. The Labute approximate surface area is 92.4 Å². The van der Waals surface area contributed by atoms with Gasteiger partial charge in [0.15, 0.2) is 0 Å². The highest BCUT2D eigenvalue weighted by Crippen LogP contribution is 2.18. The molecule has 3 heteroatoms. The van der Waals surface area contributed by atoms with Crippen molar-refractivity contribution in [3.05, 3.63) is 0 Å². The van der Waals surface area contributed by atoms with Gasteiger partial charge in [0.1, 0.15) is 5.78 Å². The van der Waals surface area contributed by atoms with Crippen LogP contribution in [-0.4, -0.2) is 24.0 Å². The lowest BCUT2D eigenvalue weighted by Gasteiger charge is -2.17. The zero-order chi connectivity index (χ0) is 11.3. The van der Waals surface area contributed by atoms with Crippen LogP contribution >= 0.6 is 0 Å². The van der Waals surface area contributed by atoms with Gasteiger partial charge in [-0.05, 0) is 39.5 Å². The normalized spacial score (nSPS) is 21.9. The van der Waals surface area contributed by atoms with E-state index in [1.54, 1.807) is 0 Å². The van der Waals surface area contributed by atoms with Crippen LogP contribution in [0.15, 0.2) is 0 Å². The van der Waals surface area contributed by atoms with E-state index in [1.165, 1.54) is 0 Å². The number of Topliss-reactive ketones (excluding diaryl/α,β-unsaturated/α-hetero) is 1. The largest absolute Gasteiger partial charge is 0.378 e. The highest BCUT2D eigenvalue weighted by Gasteiger charge is 2.18. The third-order valence-electron chi connectivity index (χ3n) is 2.82. The van der Waals surface area contributed by atoms with Crippen LogP contribution in [0.5, 0.6) is 0 Å². The van der Waals surface area contributed by atoms with Crippen molar-refractivity contribution in [3.8, 4) is 0 Å². The monoisotopic (exact) mass is 213 g/mol. The Bertz CT molecular complexity index is 202. The van der Waals surface area contributed by atoms with E-state index < -0.39 is 0 Å². The number of ketones is 1. The Balaban J connectivity index is 2.08. The van der Waals surface area contributed by atoms with Gasteiger partial charge in [-0.25, -0.2) is 0 Å². The summed E-state index contributed by atoms with van der Waals surface area (Å²) in [7, 11) is 0. The Hall–Kier alpha value is -0.410. The van der Waals surface area contributed by atoms with E-state index in [4.69, 9.17) is 10.5 Å². The minimum atomic E-state index is -0.223. The van der Waals surface area contributed by atoms with E-state index in [0.29, 0.717) is 24.7 Å². The van der Waals surface area contributed by atoms with Gasteiger partial charge in [0, 0.05) is 25.0 Å². The molecule has 1 atom stereocenters. The van der Waals surface area contributed by atoms with Crippen molar-refractivity contribution in [2.45, 2.75) is 64.0 Å². The van der Waals surface area contributed by atoms with Crippen molar-refractivity contribution in [1.29, 1.82) is 0 Å². The predicted octanol–water partition coefficient (Wildman–Crippen LogP) is 2.03. The van der Waals surface area contributed by atoms with Gasteiger partial charge in [0.25, 0.3) is 0 Å². The molecule has 0 radical (unpaired) electrons. The molecule has 0 spiro atoms. The summed E-state index contributed by atoms with van der Waals surface area (Å²) in [5.74, 6) is 0.323. The minimum Gasteiger partial charge on any atom is -0.378 e. The van der Waals surface area contributed by atoms with Crippen LogP contribution in [0.3, 0.4) is 0 Å². The van der Waals surface area contributed by atoms with Crippen LogP contribution in [0.1, 0.15) is 52.4 Å². The number of hydrogen-bond donors (Lipinski definition) is 1. The number of ether oxygens (including phenoxy) is 1. The van der Waals surface area contributed by atoms with Crippen molar-refractivity contribution in [2.75, 3.05) is 6.61 Å². The number of carbonyl (C=O) groups is 1. The smallest absolute Gasteiger partial charge is 0.133 e. The molecule has 1 unspecified atom stereocenters. The van der Waals surface area contributed by atoms with Crippen LogP contribution in [0, 0.1) is 0 Å².